The number of rotatable bonds is 0. The molecule has 0 spiro atoms. The molecule has 0 radical (unpaired) electrons. The van der Waals surface area contributed by atoms with E-state index in [9.17, 15) is 9.90 Å². The lowest BCUT2D eigenvalue weighted by Crippen LogP contribution is -2.17. The molecule has 1 heterocycles. The molecule has 3 nitrogen and oxygen atoms in total. The third kappa shape index (κ3) is 1.85. The normalized spacial score (nSPS) is 17.2. The molecule has 0 aromatic heterocycles. The van der Waals surface area contributed by atoms with E-state index in [4.69, 9.17) is 16.3 Å². The fourth-order valence-corrected chi connectivity index (χ4v) is 3.21. The molecule has 1 aliphatic heterocycles. The Bertz CT molecular complexity index is 862. The van der Waals surface area contributed by atoms with Crippen molar-refractivity contribution in [2.45, 2.75) is 12.8 Å². The quantitative estimate of drug-likeness (QED) is 0.804. The Kier molecular flexibility index (Phi) is 2.59. The summed E-state index contributed by atoms with van der Waals surface area (Å²) in [5.41, 5.74) is 1.74. The van der Waals surface area contributed by atoms with Crippen LogP contribution in [-0.4, -0.2) is 10.9 Å². The third-order valence-electron chi connectivity index (χ3n) is 3.90. The SMILES string of the molecule is O=C1C=C2Oc3c(O)cc4ccccc4c3CC2=C(Cl)C1. The molecular weight excluding hydrogens is 288 g/mol. The van der Waals surface area contributed by atoms with Crippen molar-refractivity contribution < 1.29 is 14.6 Å². The first-order chi connectivity index (χ1) is 10.1. The van der Waals surface area contributed by atoms with Crippen molar-refractivity contribution in [2.24, 2.45) is 0 Å². The van der Waals surface area contributed by atoms with Gasteiger partial charge in [0.2, 0.25) is 0 Å². The number of phenols is 1. The van der Waals surface area contributed by atoms with Crippen molar-refractivity contribution in [1.82, 2.24) is 0 Å². The minimum Gasteiger partial charge on any atom is -0.504 e. The van der Waals surface area contributed by atoms with Gasteiger partial charge in [0, 0.05) is 35.1 Å². The maximum Gasteiger partial charge on any atom is 0.173 e. The average molecular weight is 299 g/mol. The van der Waals surface area contributed by atoms with Crippen LogP contribution in [0, 0.1) is 0 Å². The number of phenolic OH excluding ortho intramolecular Hbond substituents is 1. The van der Waals surface area contributed by atoms with Gasteiger partial charge in [0.1, 0.15) is 5.76 Å². The van der Waals surface area contributed by atoms with Gasteiger partial charge in [-0.05, 0) is 16.8 Å². The van der Waals surface area contributed by atoms with Gasteiger partial charge in [-0.1, -0.05) is 35.9 Å². The molecule has 2 aliphatic rings. The Balaban J connectivity index is 2.00. The van der Waals surface area contributed by atoms with Crippen molar-refractivity contribution in [3.8, 4) is 11.5 Å². The second-order valence-electron chi connectivity index (χ2n) is 5.24. The number of benzene rings is 2. The van der Waals surface area contributed by atoms with Gasteiger partial charge in [0.15, 0.2) is 17.3 Å². The van der Waals surface area contributed by atoms with Gasteiger partial charge in [-0.25, -0.2) is 0 Å². The Hall–Kier alpha value is -2.26. The molecule has 0 amide bonds. The van der Waals surface area contributed by atoms with E-state index in [1.54, 1.807) is 6.07 Å². The number of hydrogen-bond donors (Lipinski definition) is 1. The molecule has 21 heavy (non-hydrogen) atoms. The summed E-state index contributed by atoms with van der Waals surface area (Å²) in [5.74, 6) is 0.873. The van der Waals surface area contributed by atoms with Crippen molar-refractivity contribution in [3.05, 3.63) is 58.3 Å². The highest BCUT2D eigenvalue weighted by molar-refractivity contribution is 6.32. The summed E-state index contributed by atoms with van der Waals surface area (Å²) in [7, 11) is 0. The molecule has 4 rings (SSSR count). The molecule has 0 unspecified atom stereocenters. The number of hydrogen-bond acceptors (Lipinski definition) is 3. The second-order valence-corrected chi connectivity index (χ2v) is 5.69. The number of carbonyl (C=O) groups is 1. The topological polar surface area (TPSA) is 46.5 Å². The minimum atomic E-state index is -0.0810. The first-order valence-electron chi connectivity index (χ1n) is 6.67. The smallest absolute Gasteiger partial charge is 0.173 e. The van der Waals surface area contributed by atoms with Crippen LogP contribution in [0.5, 0.6) is 11.5 Å². The highest BCUT2D eigenvalue weighted by atomic mass is 35.5. The monoisotopic (exact) mass is 298 g/mol. The van der Waals surface area contributed by atoms with E-state index >= 15 is 0 Å². The lowest BCUT2D eigenvalue weighted by Gasteiger charge is -2.27. The van der Waals surface area contributed by atoms with Gasteiger partial charge >= 0.3 is 0 Å². The van der Waals surface area contributed by atoms with E-state index in [1.165, 1.54) is 6.08 Å². The zero-order valence-electron chi connectivity index (χ0n) is 11.0. The number of carbonyl (C=O) groups excluding carboxylic acids is 1. The van der Waals surface area contributed by atoms with Gasteiger partial charge in [0.05, 0.1) is 0 Å². The Labute approximate surface area is 126 Å². The fourth-order valence-electron chi connectivity index (χ4n) is 2.92. The molecule has 4 heteroatoms. The largest absolute Gasteiger partial charge is 0.504 e. The predicted molar refractivity (Wildman–Crippen MR) is 80.5 cm³/mol. The Morgan fingerprint density at radius 3 is 2.86 bits per heavy atom. The molecule has 0 fully saturated rings. The Morgan fingerprint density at radius 1 is 1.19 bits per heavy atom. The van der Waals surface area contributed by atoms with Crippen molar-refractivity contribution >= 4 is 28.2 Å². The van der Waals surface area contributed by atoms with E-state index in [1.807, 2.05) is 24.3 Å². The van der Waals surface area contributed by atoms with Crippen molar-refractivity contribution in [2.75, 3.05) is 0 Å². The van der Waals surface area contributed by atoms with Crippen LogP contribution in [-0.2, 0) is 11.2 Å². The van der Waals surface area contributed by atoms with Crippen LogP contribution in [0.25, 0.3) is 10.8 Å². The van der Waals surface area contributed by atoms with E-state index in [-0.39, 0.29) is 18.0 Å². The molecule has 0 bridgehead atoms. The first kappa shape index (κ1) is 12.5. The van der Waals surface area contributed by atoms with E-state index in [2.05, 4.69) is 0 Å². The number of ether oxygens (including phenoxy) is 1. The summed E-state index contributed by atoms with van der Waals surface area (Å²) < 4.78 is 5.76. The summed E-state index contributed by atoms with van der Waals surface area (Å²) in [4.78, 5) is 11.6. The summed E-state index contributed by atoms with van der Waals surface area (Å²) in [6.45, 7) is 0. The predicted octanol–water partition coefficient (Wildman–Crippen LogP) is 3.83. The van der Waals surface area contributed by atoms with Crippen LogP contribution in [0.15, 0.2) is 52.8 Å². The number of fused-ring (bicyclic) bond motifs is 4. The molecule has 2 aromatic carbocycles. The summed E-state index contributed by atoms with van der Waals surface area (Å²) in [6.07, 6.45) is 2.23. The van der Waals surface area contributed by atoms with Crippen LogP contribution < -0.4 is 4.74 Å². The van der Waals surface area contributed by atoms with E-state index in [0.29, 0.717) is 23.0 Å². The maximum atomic E-state index is 11.6. The van der Waals surface area contributed by atoms with Crippen LogP contribution in [0.1, 0.15) is 12.0 Å². The van der Waals surface area contributed by atoms with E-state index in [0.717, 1.165) is 21.9 Å². The molecule has 104 valence electrons. The van der Waals surface area contributed by atoms with Crippen molar-refractivity contribution in [1.29, 1.82) is 0 Å². The lowest BCUT2D eigenvalue weighted by atomic mass is 9.90. The summed E-state index contributed by atoms with van der Waals surface area (Å²) in [5, 5.41) is 12.7. The van der Waals surface area contributed by atoms with Gasteiger partial charge in [-0.15, -0.1) is 0 Å². The number of halogens is 1. The van der Waals surface area contributed by atoms with Crippen molar-refractivity contribution in [3.63, 3.8) is 0 Å². The first-order valence-corrected chi connectivity index (χ1v) is 7.05. The zero-order valence-corrected chi connectivity index (χ0v) is 11.8. The third-order valence-corrected chi connectivity index (χ3v) is 4.26. The number of ketones is 1. The van der Waals surface area contributed by atoms with Gasteiger partial charge in [-0.3, -0.25) is 4.79 Å². The molecule has 0 saturated heterocycles. The molecule has 0 atom stereocenters. The van der Waals surface area contributed by atoms with Crippen LogP contribution in [0.4, 0.5) is 0 Å². The highest BCUT2D eigenvalue weighted by Crippen LogP contribution is 2.45. The Morgan fingerprint density at radius 2 is 2.00 bits per heavy atom. The highest BCUT2D eigenvalue weighted by Gasteiger charge is 2.29. The molecule has 2 aromatic rings. The molecule has 0 saturated carbocycles. The van der Waals surface area contributed by atoms with E-state index < -0.39 is 0 Å². The van der Waals surface area contributed by atoms with Crippen LogP contribution in [0.3, 0.4) is 0 Å². The summed E-state index contributed by atoms with van der Waals surface area (Å²) >= 11 is 6.22. The van der Waals surface area contributed by atoms with Gasteiger partial charge in [0.25, 0.3) is 0 Å². The van der Waals surface area contributed by atoms with Gasteiger partial charge in [-0.2, -0.15) is 0 Å². The lowest BCUT2D eigenvalue weighted by molar-refractivity contribution is -0.114. The zero-order chi connectivity index (χ0) is 14.6. The average Bonchev–Trinajstić information content (AvgIpc) is 2.46. The standard InChI is InChI=1S/C17H11ClO3/c18-14-6-10(19)7-16-13(14)8-12-11-4-2-1-3-9(11)5-15(20)17(12)21-16/h1-5,7,20H,6,8H2. The van der Waals surface area contributed by atoms with Gasteiger partial charge < -0.3 is 9.84 Å². The fraction of sp³-hybridized carbons (Fsp3) is 0.118. The molecule has 1 N–H and O–H groups in total. The minimum absolute atomic E-state index is 0.0810. The maximum absolute atomic E-state index is 11.6. The van der Waals surface area contributed by atoms with Crippen LogP contribution >= 0.6 is 11.6 Å². The molecular formula is C17H11ClO3. The number of aromatic hydroxyl groups is 1. The second kappa shape index (κ2) is 4.37. The number of allylic oxidation sites excluding steroid dienone is 3. The van der Waals surface area contributed by atoms with Crippen LogP contribution in [0.2, 0.25) is 0 Å². The summed E-state index contributed by atoms with van der Waals surface area (Å²) in [6, 6.07) is 9.49. The molecule has 1 aliphatic carbocycles.